The van der Waals surface area contributed by atoms with Gasteiger partial charge in [0.05, 0.1) is 12.7 Å². The molecule has 1 heterocycles. The van der Waals surface area contributed by atoms with Crippen molar-refractivity contribution in [1.82, 2.24) is 5.43 Å². The van der Waals surface area contributed by atoms with Crippen molar-refractivity contribution < 1.29 is 28.9 Å². The predicted molar refractivity (Wildman–Crippen MR) is 94.8 cm³/mol. The summed E-state index contributed by atoms with van der Waals surface area (Å²) in [5, 5.41) is 10.1. The van der Waals surface area contributed by atoms with Gasteiger partial charge in [0.2, 0.25) is 0 Å². The molecule has 0 aromatic heterocycles. The van der Waals surface area contributed by atoms with Gasteiger partial charge < -0.3 is 19.3 Å². The van der Waals surface area contributed by atoms with Gasteiger partial charge in [-0.05, 0) is 30.7 Å². The first-order chi connectivity index (χ1) is 12.9. The van der Waals surface area contributed by atoms with Crippen LogP contribution >= 0.6 is 0 Å². The summed E-state index contributed by atoms with van der Waals surface area (Å²) in [5.74, 6) is 4.48. The molecule has 8 nitrogen and oxygen atoms in total. The number of phenols is 1. The van der Waals surface area contributed by atoms with E-state index in [9.17, 15) is 14.7 Å². The Morgan fingerprint density at radius 2 is 2.07 bits per heavy atom. The number of ether oxygens (including phenoxy) is 3. The summed E-state index contributed by atoms with van der Waals surface area (Å²) in [6.07, 6.45) is -0.775. The van der Waals surface area contributed by atoms with Crippen LogP contribution in [0.25, 0.3) is 0 Å². The average Bonchev–Trinajstić information content (AvgIpc) is 2.99. The molecule has 4 N–H and O–H groups in total. The molecule has 27 heavy (non-hydrogen) atoms. The van der Waals surface area contributed by atoms with Crippen LogP contribution < -0.4 is 16.0 Å². The molecule has 1 aliphatic rings. The standard InChI is InChI=1S/C19H20N2O6/c1-19(21-20,18(24)25-2)10-11-7-8-14(22)15(9-11)26-17-13-6-4-3-5-12(13)16(23)27-17/h3-9,17,21-22H,10,20H2,1-2H3. The second-order valence-electron chi connectivity index (χ2n) is 6.39. The van der Waals surface area contributed by atoms with Crippen LogP contribution in [0.4, 0.5) is 0 Å². The lowest BCUT2D eigenvalue weighted by Gasteiger charge is -2.26. The Morgan fingerprint density at radius 3 is 2.78 bits per heavy atom. The molecule has 0 fully saturated rings. The minimum Gasteiger partial charge on any atom is -0.504 e. The summed E-state index contributed by atoms with van der Waals surface area (Å²) < 4.78 is 15.7. The van der Waals surface area contributed by atoms with Gasteiger partial charge in [0, 0.05) is 12.0 Å². The molecule has 2 aromatic carbocycles. The lowest BCUT2D eigenvalue weighted by Crippen LogP contribution is -2.55. The molecule has 2 aromatic rings. The fourth-order valence-electron chi connectivity index (χ4n) is 2.89. The average molecular weight is 372 g/mol. The summed E-state index contributed by atoms with van der Waals surface area (Å²) in [6, 6.07) is 11.5. The minimum absolute atomic E-state index is 0.117. The van der Waals surface area contributed by atoms with Gasteiger partial charge in [-0.1, -0.05) is 24.3 Å². The van der Waals surface area contributed by atoms with Crippen LogP contribution in [0.3, 0.4) is 0 Å². The maximum Gasteiger partial charge on any atom is 0.342 e. The van der Waals surface area contributed by atoms with Crippen molar-refractivity contribution in [1.29, 1.82) is 0 Å². The maximum absolute atomic E-state index is 12.0. The summed E-state index contributed by atoms with van der Waals surface area (Å²) in [7, 11) is 1.27. The number of hydrogen-bond donors (Lipinski definition) is 3. The number of carbonyl (C=O) groups excluding carboxylic acids is 2. The van der Waals surface area contributed by atoms with E-state index in [0.29, 0.717) is 16.7 Å². The number of cyclic esters (lactones) is 1. The second kappa shape index (κ2) is 7.26. The van der Waals surface area contributed by atoms with Crippen molar-refractivity contribution in [2.45, 2.75) is 25.2 Å². The fourth-order valence-corrected chi connectivity index (χ4v) is 2.89. The Bertz CT molecular complexity index is 884. The van der Waals surface area contributed by atoms with Crippen molar-refractivity contribution in [3.05, 3.63) is 59.2 Å². The Hall–Kier alpha value is -3.10. The van der Waals surface area contributed by atoms with Gasteiger partial charge in [-0.2, -0.15) is 0 Å². The molecule has 0 aliphatic carbocycles. The Kier molecular flexibility index (Phi) is 5.02. The molecule has 8 heteroatoms. The van der Waals surface area contributed by atoms with Crippen molar-refractivity contribution in [2.75, 3.05) is 7.11 Å². The van der Waals surface area contributed by atoms with Crippen molar-refractivity contribution in [2.24, 2.45) is 5.84 Å². The van der Waals surface area contributed by atoms with E-state index in [0.717, 1.165) is 0 Å². The number of hydrogen-bond acceptors (Lipinski definition) is 8. The summed E-state index contributed by atoms with van der Waals surface area (Å²) in [5.41, 5.74) is 2.96. The van der Waals surface area contributed by atoms with Gasteiger partial charge in [0.1, 0.15) is 5.54 Å². The first kappa shape index (κ1) is 18.7. The number of carbonyl (C=O) groups is 2. The zero-order chi connectivity index (χ0) is 19.6. The molecule has 1 aliphatic heterocycles. The number of esters is 2. The summed E-state index contributed by atoms with van der Waals surface area (Å²) in [6.45, 7) is 1.60. The van der Waals surface area contributed by atoms with E-state index in [-0.39, 0.29) is 17.9 Å². The molecule has 2 atom stereocenters. The van der Waals surface area contributed by atoms with Crippen LogP contribution in [0.1, 0.15) is 34.7 Å². The van der Waals surface area contributed by atoms with Gasteiger partial charge in [-0.3, -0.25) is 10.6 Å². The Labute approximate surface area is 155 Å². The van der Waals surface area contributed by atoms with Gasteiger partial charge in [-0.25, -0.2) is 10.2 Å². The molecule has 0 amide bonds. The molecule has 0 spiro atoms. The quantitative estimate of drug-likeness (QED) is 0.397. The third kappa shape index (κ3) is 3.57. The molecular formula is C19H20N2O6. The van der Waals surface area contributed by atoms with Gasteiger partial charge >= 0.3 is 11.9 Å². The van der Waals surface area contributed by atoms with Gasteiger partial charge in [0.15, 0.2) is 11.5 Å². The van der Waals surface area contributed by atoms with Gasteiger partial charge in [0.25, 0.3) is 6.29 Å². The zero-order valence-electron chi connectivity index (χ0n) is 14.9. The van der Waals surface area contributed by atoms with Crippen LogP contribution in [0, 0.1) is 0 Å². The molecule has 0 saturated carbocycles. The smallest absolute Gasteiger partial charge is 0.342 e. The maximum atomic E-state index is 12.0. The number of hydrazine groups is 1. The predicted octanol–water partition coefficient (Wildman–Crippen LogP) is 1.58. The number of methoxy groups -OCH3 is 1. The molecule has 3 rings (SSSR count). The highest BCUT2D eigenvalue weighted by atomic mass is 16.7. The molecule has 0 radical (unpaired) electrons. The largest absolute Gasteiger partial charge is 0.504 e. The van der Waals surface area contributed by atoms with Crippen molar-refractivity contribution in [3.8, 4) is 11.5 Å². The van der Waals surface area contributed by atoms with E-state index >= 15 is 0 Å². The van der Waals surface area contributed by atoms with E-state index in [2.05, 4.69) is 5.43 Å². The molecule has 0 saturated heterocycles. The zero-order valence-corrected chi connectivity index (χ0v) is 14.9. The minimum atomic E-state index is -1.16. The van der Waals surface area contributed by atoms with E-state index in [1.54, 1.807) is 43.3 Å². The highest BCUT2D eigenvalue weighted by molar-refractivity contribution is 5.93. The van der Waals surface area contributed by atoms with Gasteiger partial charge in [-0.15, -0.1) is 0 Å². The number of nitrogens with two attached hydrogens (primary N) is 1. The molecule has 2 unspecified atom stereocenters. The molecular weight excluding hydrogens is 352 g/mol. The topological polar surface area (TPSA) is 120 Å². The first-order valence-electron chi connectivity index (χ1n) is 8.22. The summed E-state index contributed by atoms with van der Waals surface area (Å²) >= 11 is 0. The second-order valence-corrected chi connectivity index (χ2v) is 6.39. The lowest BCUT2D eigenvalue weighted by atomic mass is 9.93. The van der Waals surface area contributed by atoms with E-state index in [1.165, 1.54) is 13.2 Å². The van der Waals surface area contributed by atoms with Crippen LogP contribution in [-0.4, -0.2) is 29.7 Å². The molecule has 0 bridgehead atoms. The third-order valence-electron chi connectivity index (χ3n) is 4.42. The fraction of sp³-hybridized carbons (Fsp3) is 0.263. The van der Waals surface area contributed by atoms with Crippen LogP contribution in [0.5, 0.6) is 11.5 Å². The highest BCUT2D eigenvalue weighted by Gasteiger charge is 2.35. The Morgan fingerprint density at radius 1 is 1.33 bits per heavy atom. The number of benzene rings is 2. The third-order valence-corrected chi connectivity index (χ3v) is 4.42. The van der Waals surface area contributed by atoms with Crippen molar-refractivity contribution >= 4 is 11.9 Å². The number of nitrogens with one attached hydrogen (secondary N) is 1. The number of phenolic OH excluding ortho intramolecular Hbond substituents is 1. The number of rotatable bonds is 6. The van der Waals surface area contributed by atoms with E-state index < -0.39 is 23.8 Å². The molecule has 142 valence electrons. The van der Waals surface area contributed by atoms with E-state index in [1.807, 2.05) is 0 Å². The van der Waals surface area contributed by atoms with Crippen molar-refractivity contribution in [3.63, 3.8) is 0 Å². The Balaban J connectivity index is 1.85. The number of aromatic hydroxyl groups is 1. The van der Waals surface area contributed by atoms with E-state index in [4.69, 9.17) is 20.1 Å². The normalized spacial score (nSPS) is 17.6. The number of fused-ring (bicyclic) bond motifs is 1. The lowest BCUT2D eigenvalue weighted by molar-refractivity contribution is -0.147. The first-order valence-corrected chi connectivity index (χ1v) is 8.22. The van der Waals surface area contributed by atoms with Crippen LogP contribution in [0.2, 0.25) is 0 Å². The highest BCUT2D eigenvalue weighted by Crippen LogP contribution is 2.37. The summed E-state index contributed by atoms with van der Waals surface area (Å²) in [4.78, 5) is 23.9. The monoisotopic (exact) mass is 372 g/mol. The van der Waals surface area contributed by atoms with Crippen LogP contribution in [0.15, 0.2) is 42.5 Å². The SMILES string of the molecule is COC(=O)C(C)(Cc1ccc(O)c(OC2OC(=O)c3ccccc32)c1)NN. The van der Waals surface area contributed by atoms with Crippen LogP contribution in [-0.2, 0) is 20.7 Å².